The number of hydrogen-bond acceptors (Lipinski definition) is 3. The zero-order valence-electron chi connectivity index (χ0n) is 22.4. The van der Waals surface area contributed by atoms with Crippen molar-refractivity contribution in [2.24, 2.45) is 0 Å². The second kappa shape index (κ2) is 8.12. The third-order valence-corrected chi connectivity index (χ3v) is 9.83. The zero-order chi connectivity index (χ0) is 27.4. The maximum absolute atomic E-state index is 6.33. The highest BCUT2D eigenvalue weighted by Gasteiger charge is 2.23. The summed E-state index contributed by atoms with van der Waals surface area (Å²) in [6, 6.07) is 47.9. The van der Waals surface area contributed by atoms with E-state index >= 15 is 0 Å². The van der Waals surface area contributed by atoms with E-state index in [4.69, 9.17) is 4.42 Å². The van der Waals surface area contributed by atoms with E-state index in [0.29, 0.717) is 0 Å². The number of thiophene rings is 1. The van der Waals surface area contributed by atoms with Crippen LogP contribution in [0.5, 0.6) is 0 Å². The summed E-state index contributed by atoms with van der Waals surface area (Å²) in [6.07, 6.45) is 0. The fourth-order valence-electron chi connectivity index (χ4n) is 6.93. The monoisotopic (exact) mass is 554 g/mol. The van der Waals surface area contributed by atoms with Gasteiger partial charge in [0, 0.05) is 44.1 Å². The third kappa shape index (κ3) is 2.89. The van der Waals surface area contributed by atoms with Crippen molar-refractivity contribution >= 4 is 97.8 Å². The van der Waals surface area contributed by atoms with Gasteiger partial charge in [-0.05, 0) is 53.2 Å². The van der Waals surface area contributed by atoms with Crippen molar-refractivity contribution in [1.29, 1.82) is 0 Å². The van der Waals surface area contributed by atoms with Crippen LogP contribution in [-0.2, 0) is 0 Å². The molecule has 4 aromatic heterocycles. The highest BCUT2D eigenvalue weighted by atomic mass is 32.1. The molecule has 4 heterocycles. The maximum atomic E-state index is 6.33. The Labute approximate surface area is 244 Å². The molecular weight excluding hydrogens is 532 g/mol. The Bertz CT molecular complexity index is 2640. The number of aromatic nitrogens is 1. The number of pyridine rings is 1. The van der Waals surface area contributed by atoms with Gasteiger partial charge in [0.2, 0.25) is 0 Å². The maximum Gasteiger partial charge on any atom is 0.137 e. The van der Waals surface area contributed by atoms with Crippen LogP contribution in [0.4, 0.5) is 16.4 Å². The van der Waals surface area contributed by atoms with Crippen LogP contribution in [0.2, 0.25) is 0 Å². The predicted molar refractivity (Wildman–Crippen MR) is 178 cm³/mol. The molecule has 0 unspecified atom stereocenters. The second-order valence-electron chi connectivity index (χ2n) is 11.0. The highest BCUT2D eigenvalue weighted by molar-refractivity contribution is 7.22. The van der Waals surface area contributed by atoms with Gasteiger partial charge in [-0.1, -0.05) is 96.3 Å². The average Bonchev–Trinajstić information content (AvgIpc) is 3.73. The van der Waals surface area contributed by atoms with Crippen molar-refractivity contribution in [2.75, 3.05) is 4.90 Å². The van der Waals surface area contributed by atoms with Crippen molar-refractivity contribution in [3.05, 3.63) is 133 Å². The van der Waals surface area contributed by atoms with Gasteiger partial charge in [0.25, 0.3) is 0 Å². The lowest BCUT2D eigenvalue weighted by molar-refractivity contribution is 0.669. The first-order valence-electron chi connectivity index (χ1n) is 14.2. The molecule has 4 heteroatoms. The van der Waals surface area contributed by atoms with E-state index in [0.717, 1.165) is 38.3 Å². The van der Waals surface area contributed by atoms with E-state index in [-0.39, 0.29) is 0 Å². The summed E-state index contributed by atoms with van der Waals surface area (Å²) >= 11 is 1.84. The van der Waals surface area contributed by atoms with Crippen LogP contribution in [0.25, 0.3) is 70.1 Å². The molecule has 0 radical (unpaired) electrons. The number of anilines is 3. The Kier molecular flexibility index (Phi) is 4.33. The van der Waals surface area contributed by atoms with Crippen LogP contribution in [0.1, 0.15) is 0 Å². The van der Waals surface area contributed by atoms with Crippen LogP contribution < -0.4 is 4.90 Å². The smallest absolute Gasteiger partial charge is 0.137 e. The molecule has 0 spiro atoms. The van der Waals surface area contributed by atoms with E-state index in [1.807, 2.05) is 23.5 Å². The van der Waals surface area contributed by atoms with Crippen LogP contribution in [-0.4, -0.2) is 4.40 Å². The molecule has 0 saturated heterocycles. The molecule has 0 aliphatic carbocycles. The summed E-state index contributed by atoms with van der Waals surface area (Å²) in [5.41, 5.74) is 6.55. The number of nitrogens with zero attached hydrogens (tertiary/aromatic N) is 2. The van der Waals surface area contributed by atoms with Crippen molar-refractivity contribution < 1.29 is 4.42 Å². The van der Waals surface area contributed by atoms with Gasteiger partial charge < -0.3 is 9.32 Å². The number of furan rings is 1. The molecule has 0 N–H and O–H groups in total. The molecular formula is C38H22N2OS. The summed E-state index contributed by atoms with van der Waals surface area (Å²) in [5, 5.41) is 11.2. The SMILES string of the molecule is c1ccc(N(c2ccc3c(c2)oc2ccccc23)c2cc3c4cccc5ccc6c7ccccc7n(c3s2)c6c54)cc1. The summed E-state index contributed by atoms with van der Waals surface area (Å²) in [4.78, 5) is 3.62. The van der Waals surface area contributed by atoms with Gasteiger partial charge in [-0.3, -0.25) is 4.40 Å². The van der Waals surface area contributed by atoms with E-state index < -0.39 is 0 Å². The lowest BCUT2D eigenvalue weighted by atomic mass is 10.0. The van der Waals surface area contributed by atoms with Crippen molar-refractivity contribution in [3.8, 4) is 0 Å². The zero-order valence-corrected chi connectivity index (χ0v) is 23.2. The van der Waals surface area contributed by atoms with Crippen molar-refractivity contribution in [3.63, 3.8) is 0 Å². The van der Waals surface area contributed by atoms with E-state index in [2.05, 4.69) is 131 Å². The molecule has 0 bridgehead atoms. The van der Waals surface area contributed by atoms with Crippen molar-refractivity contribution in [2.45, 2.75) is 0 Å². The first-order chi connectivity index (χ1) is 20.8. The number of hydrogen-bond donors (Lipinski definition) is 0. The first-order valence-corrected chi connectivity index (χ1v) is 15.0. The Morgan fingerprint density at radius 2 is 1.29 bits per heavy atom. The molecule has 0 atom stereocenters. The molecule has 6 aromatic carbocycles. The molecule has 0 aliphatic heterocycles. The molecule has 42 heavy (non-hydrogen) atoms. The molecule has 0 aliphatic rings. The Morgan fingerprint density at radius 1 is 0.524 bits per heavy atom. The topological polar surface area (TPSA) is 20.8 Å². The molecule has 0 fully saturated rings. The summed E-state index contributed by atoms with van der Waals surface area (Å²) in [6.45, 7) is 0. The Morgan fingerprint density at radius 3 is 2.21 bits per heavy atom. The van der Waals surface area contributed by atoms with Gasteiger partial charge in [-0.2, -0.15) is 0 Å². The summed E-state index contributed by atoms with van der Waals surface area (Å²) in [7, 11) is 0. The average molecular weight is 555 g/mol. The minimum atomic E-state index is 0.895. The van der Waals surface area contributed by atoms with Gasteiger partial charge in [0.05, 0.1) is 16.7 Å². The van der Waals surface area contributed by atoms with Crippen LogP contribution >= 0.6 is 11.3 Å². The largest absolute Gasteiger partial charge is 0.456 e. The Hall–Kier alpha value is -5.32. The minimum Gasteiger partial charge on any atom is -0.456 e. The molecule has 0 saturated carbocycles. The fraction of sp³-hybridized carbons (Fsp3) is 0. The van der Waals surface area contributed by atoms with Crippen LogP contribution in [0.3, 0.4) is 0 Å². The normalized spacial score (nSPS) is 12.3. The first kappa shape index (κ1) is 22.4. The molecule has 3 nitrogen and oxygen atoms in total. The van der Waals surface area contributed by atoms with Gasteiger partial charge in [0.1, 0.15) is 21.0 Å². The van der Waals surface area contributed by atoms with Crippen LogP contribution in [0, 0.1) is 0 Å². The lowest BCUT2D eigenvalue weighted by Crippen LogP contribution is -2.07. The molecule has 0 amide bonds. The highest BCUT2D eigenvalue weighted by Crippen LogP contribution is 2.48. The summed E-state index contributed by atoms with van der Waals surface area (Å²) < 4.78 is 8.82. The minimum absolute atomic E-state index is 0.895. The quantitative estimate of drug-likeness (QED) is 0.217. The molecule has 10 aromatic rings. The van der Waals surface area contributed by atoms with E-state index in [1.54, 1.807) is 0 Å². The van der Waals surface area contributed by atoms with E-state index in [1.165, 1.54) is 48.2 Å². The number of rotatable bonds is 3. The summed E-state index contributed by atoms with van der Waals surface area (Å²) in [5.74, 6) is 0. The Balaban J connectivity index is 1.31. The van der Waals surface area contributed by atoms with Gasteiger partial charge in [-0.15, -0.1) is 0 Å². The molecule has 10 rings (SSSR count). The van der Waals surface area contributed by atoms with Crippen molar-refractivity contribution in [1.82, 2.24) is 4.40 Å². The van der Waals surface area contributed by atoms with E-state index in [9.17, 15) is 0 Å². The lowest BCUT2D eigenvalue weighted by Gasteiger charge is -2.23. The van der Waals surface area contributed by atoms with Crippen LogP contribution in [0.15, 0.2) is 138 Å². The number of benzene rings is 6. The van der Waals surface area contributed by atoms with Gasteiger partial charge in [-0.25, -0.2) is 0 Å². The predicted octanol–water partition coefficient (Wildman–Crippen LogP) is 11.4. The van der Waals surface area contributed by atoms with Gasteiger partial charge in [0.15, 0.2) is 0 Å². The third-order valence-electron chi connectivity index (χ3n) is 8.72. The number of para-hydroxylation sites is 3. The standard InChI is InChI=1S/C38H22N2OS/c1-2-10-24(11-3-1)39(25-18-20-28-27-13-5-7-16-33(27)41-34(28)21-25)35-22-31-29-14-8-9-23-17-19-30-26-12-4-6-15-32(26)40(38(31)42-35)37(30)36(23)29/h1-22H. The number of fused-ring (bicyclic) bond motifs is 9. The van der Waals surface area contributed by atoms with Gasteiger partial charge >= 0.3 is 0 Å². The fourth-order valence-corrected chi connectivity index (χ4v) is 8.17. The second-order valence-corrected chi connectivity index (χ2v) is 12.0. The molecule has 196 valence electrons.